The van der Waals surface area contributed by atoms with Crippen LogP contribution in [-0.4, -0.2) is 16.9 Å². The number of hydrogen-bond donors (Lipinski definition) is 1. The van der Waals surface area contributed by atoms with Gasteiger partial charge in [0.25, 0.3) is 0 Å². The molecule has 0 aliphatic heterocycles. The van der Waals surface area contributed by atoms with E-state index in [9.17, 15) is 35.9 Å². The van der Waals surface area contributed by atoms with Crippen LogP contribution in [0.1, 0.15) is 22.3 Å². The van der Waals surface area contributed by atoms with Crippen LogP contribution in [0.5, 0.6) is 0 Å². The van der Waals surface area contributed by atoms with Gasteiger partial charge < -0.3 is 5.11 Å². The van der Waals surface area contributed by atoms with Crippen LogP contribution in [0.3, 0.4) is 0 Å². The highest BCUT2D eigenvalue weighted by atomic mass is 19.4. The number of carboxylic acid groups (broad SMARTS) is 1. The molecule has 1 aromatic carbocycles. The minimum absolute atomic E-state index is 0.395. The molecule has 9 heteroatoms. The molecule has 1 aromatic rings. The van der Waals surface area contributed by atoms with E-state index in [-0.39, 0.29) is 0 Å². The van der Waals surface area contributed by atoms with Crippen LogP contribution in [0, 0.1) is 17.5 Å². The third-order valence-corrected chi connectivity index (χ3v) is 2.05. The molecule has 0 aliphatic carbocycles. The third kappa shape index (κ3) is 3.04. The van der Waals surface area contributed by atoms with Crippen molar-refractivity contribution < 1.29 is 41.0 Å². The van der Waals surface area contributed by atoms with Gasteiger partial charge in [-0.2, -0.15) is 13.2 Å². The van der Waals surface area contributed by atoms with Crippen LogP contribution in [0.25, 0.3) is 0 Å². The lowest BCUT2D eigenvalue weighted by molar-refractivity contribution is -0.140. The standard InChI is InChI=1S/C10H4F6O3/c11-4-1-3(10(14,15)16)8(12)9(13)7(4)5(17)2-6(18)19/h1H,2H2,(H,18,19). The largest absolute Gasteiger partial charge is 0.481 e. The third-order valence-electron chi connectivity index (χ3n) is 2.05. The van der Waals surface area contributed by atoms with Gasteiger partial charge in [-0.15, -0.1) is 0 Å². The molecule has 0 aliphatic rings. The average molecular weight is 286 g/mol. The van der Waals surface area contributed by atoms with E-state index in [1.54, 1.807) is 0 Å². The number of Topliss-reactive ketones (excluding diaryl/α,β-unsaturated/α-hetero) is 1. The molecule has 1 N–H and O–H groups in total. The van der Waals surface area contributed by atoms with Crippen LogP contribution in [0.4, 0.5) is 26.3 Å². The molecule has 19 heavy (non-hydrogen) atoms. The Morgan fingerprint density at radius 3 is 2.05 bits per heavy atom. The quantitative estimate of drug-likeness (QED) is 0.402. The molecule has 0 unspecified atom stereocenters. The maximum absolute atomic E-state index is 13.2. The number of carboxylic acids is 1. The predicted molar refractivity (Wildman–Crippen MR) is 47.9 cm³/mol. The number of ketones is 1. The fourth-order valence-corrected chi connectivity index (χ4v) is 1.28. The Kier molecular flexibility index (Phi) is 3.87. The Morgan fingerprint density at radius 2 is 1.63 bits per heavy atom. The summed E-state index contributed by atoms with van der Waals surface area (Å²) in [4.78, 5) is 21.3. The van der Waals surface area contributed by atoms with Crippen molar-refractivity contribution in [3.63, 3.8) is 0 Å². The minimum Gasteiger partial charge on any atom is -0.481 e. The number of hydrogen-bond acceptors (Lipinski definition) is 2. The smallest absolute Gasteiger partial charge is 0.419 e. The van der Waals surface area contributed by atoms with E-state index < -0.39 is 59.0 Å². The van der Waals surface area contributed by atoms with Gasteiger partial charge in [0.1, 0.15) is 12.2 Å². The SMILES string of the molecule is O=C(O)CC(=O)c1c(F)cc(C(F)(F)F)c(F)c1F. The zero-order valence-corrected chi connectivity index (χ0v) is 8.82. The molecule has 0 aromatic heterocycles. The van der Waals surface area contributed by atoms with Gasteiger partial charge in [-0.25, -0.2) is 13.2 Å². The Hall–Kier alpha value is -2.06. The molecule has 0 heterocycles. The van der Waals surface area contributed by atoms with Crippen molar-refractivity contribution >= 4 is 11.8 Å². The first kappa shape index (κ1) is 15.0. The summed E-state index contributed by atoms with van der Waals surface area (Å²) in [5, 5.41) is 8.24. The van der Waals surface area contributed by atoms with Crippen LogP contribution in [-0.2, 0) is 11.0 Å². The fourth-order valence-electron chi connectivity index (χ4n) is 1.28. The number of aliphatic carboxylic acids is 1. The normalized spacial score (nSPS) is 11.5. The summed E-state index contributed by atoms with van der Waals surface area (Å²) in [5.41, 5.74) is -3.86. The van der Waals surface area contributed by atoms with E-state index in [0.717, 1.165) is 0 Å². The van der Waals surface area contributed by atoms with Gasteiger partial charge in [0.2, 0.25) is 0 Å². The first-order valence-electron chi connectivity index (χ1n) is 4.55. The Labute approximate surface area is 101 Å². The first-order chi connectivity index (χ1) is 8.55. The molecular weight excluding hydrogens is 282 g/mol. The highest BCUT2D eigenvalue weighted by Gasteiger charge is 2.38. The summed E-state index contributed by atoms with van der Waals surface area (Å²) in [5.74, 6) is -10.2. The molecule has 0 bridgehead atoms. The maximum atomic E-state index is 13.2. The zero-order chi connectivity index (χ0) is 15.0. The van der Waals surface area contributed by atoms with Crippen molar-refractivity contribution in [2.24, 2.45) is 0 Å². The van der Waals surface area contributed by atoms with E-state index in [1.807, 2.05) is 0 Å². The fraction of sp³-hybridized carbons (Fsp3) is 0.200. The molecule has 0 fully saturated rings. The monoisotopic (exact) mass is 286 g/mol. The van der Waals surface area contributed by atoms with Crippen LogP contribution in [0.2, 0.25) is 0 Å². The molecule has 0 saturated carbocycles. The summed E-state index contributed by atoms with van der Waals surface area (Å²) in [6.07, 6.45) is -6.72. The Balaban J connectivity index is 3.43. The molecule has 0 amide bonds. The number of carbonyl (C=O) groups is 2. The van der Waals surface area contributed by atoms with Crippen LogP contribution in [0.15, 0.2) is 6.07 Å². The number of benzene rings is 1. The lowest BCUT2D eigenvalue weighted by Crippen LogP contribution is -2.17. The number of halogens is 6. The van der Waals surface area contributed by atoms with Gasteiger partial charge in [-0.1, -0.05) is 0 Å². The lowest BCUT2D eigenvalue weighted by atomic mass is 10.0. The molecule has 104 valence electrons. The van der Waals surface area contributed by atoms with Crippen LogP contribution >= 0.6 is 0 Å². The molecule has 0 saturated heterocycles. The first-order valence-corrected chi connectivity index (χ1v) is 4.55. The van der Waals surface area contributed by atoms with Gasteiger partial charge in [-0.05, 0) is 6.07 Å². The highest BCUT2D eigenvalue weighted by Crippen LogP contribution is 2.34. The van der Waals surface area contributed by atoms with Crippen molar-refractivity contribution in [1.29, 1.82) is 0 Å². The number of carbonyl (C=O) groups excluding carboxylic acids is 1. The maximum Gasteiger partial charge on any atom is 0.419 e. The van der Waals surface area contributed by atoms with E-state index in [2.05, 4.69) is 0 Å². The van der Waals surface area contributed by atoms with Gasteiger partial charge in [0.15, 0.2) is 17.4 Å². The zero-order valence-electron chi connectivity index (χ0n) is 8.82. The lowest BCUT2D eigenvalue weighted by Gasteiger charge is -2.11. The Bertz CT molecular complexity index is 549. The Morgan fingerprint density at radius 1 is 1.11 bits per heavy atom. The number of rotatable bonds is 3. The van der Waals surface area contributed by atoms with E-state index in [4.69, 9.17) is 5.11 Å². The molecule has 0 radical (unpaired) electrons. The molecular formula is C10H4F6O3. The molecule has 3 nitrogen and oxygen atoms in total. The topological polar surface area (TPSA) is 54.4 Å². The summed E-state index contributed by atoms with van der Waals surface area (Å²) in [6, 6.07) is -0.395. The van der Waals surface area contributed by atoms with Crippen molar-refractivity contribution in [3.05, 3.63) is 34.6 Å². The second-order valence-electron chi connectivity index (χ2n) is 3.40. The van der Waals surface area contributed by atoms with E-state index >= 15 is 0 Å². The highest BCUT2D eigenvalue weighted by molar-refractivity contribution is 6.05. The summed E-state index contributed by atoms with van der Waals surface area (Å²) < 4.78 is 76.1. The second kappa shape index (κ2) is 4.90. The summed E-state index contributed by atoms with van der Waals surface area (Å²) in [6.45, 7) is 0. The number of alkyl halides is 3. The van der Waals surface area contributed by atoms with Crippen molar-refractivity contribution in [2.45, 2.75) is 12.6 Å². The van der Waals surface area contributed by atoms with Gasteiger partial charge in [-0.3, -0.25) is 9.59 Å². The second-order valence-corrected chi connectivity index (χ2v) is 3.40. The molecule has 0 atom stereocenters. The molecule has 0 spiro atoms. The average Bonchev–Trinajstić information content (AvgIpc) is 2.20. The van der Waals surface area contributed by atoms with E-state index in [0.29, 0.717) is 0 Å². The molecule has 1 rings (SSSR count). The van der Waals surface area contributed by atoms with Crippen molar-refractivity contribution in [1.82, 2.24) is 0 Å². The summed E-state index contributed by atoms with van der Waals surface area (Å²) >= 11 is 0. The predicted octanol–water partition coefficient (Wildman–Crippen LogP) is 2.78. The van der Waals surface area contributed by atoms with Gasteiger partial charge in [0, 0.05) is 0 Å². The van der Waals surface area contributed by atoms with Crippen molar-refractivity contribution in [3.8, 4) is 0 Å². The van der Waals surface area contributed by atoms with Gasteiger partial charge >= 0.3 is 12.1 Å². The summed E-state index contributed by atoms with van der Waals surface area (Å²) in [7, 11) is 0. The van der Waals surface area contributed by atoms with Crippen molar-refractivity contribution in [2.75, 3.05) is 0 Å². The van der Waals surface area contributed by atoms with E-state index in [1.165, 1.54) is 0 Å². The minimum atomic E-state index is -5.35. The van der Waals surface area contributed by atoms with Crippen LogP contribution < -0.4 is 0 Å². The van der Waals surface area contributed by atoms with Gasteiger partial charge in [0.05, 0.1) is 11.1 Å².